The van der Waals surface area contributed by atoms with E-state index in [0.717, 1.165) is 5.56 Å². The maximum Gasteiger partial charge on any atom is 0.118 e. The number of hydrogen-bond acceptors (Lipinski definition) is 4. The first-order valence-corrected chi connectivity index (χ1v) is 5.05. The summed E-state index contributed by atoms with van der Waals surface area (Å²) in [5.74, 6) is 0. The van der Waals surface area contributed by atoms with Gasteiger partial charge in [-0.3, -0.25) is 4.21 Å². The quantitative estimate of drug-likeness (QED) is 0.575. The number of nitrogens with one attached hydrogen (secondary N) is 1. The Morgan fingerprint density at radius 1 is 1.82 bits per heavy atom. The average molecular weight is 206 g/mol. The predicted octanol–water partition coefficient (Wildman–Crippen LogP) is 0.807. The molecule has 0 bridgehead atoms. The van der Waals surface area contributed by atoms with E-state index in [1.54, 1.807) is 11.4 Å². The van der Waals surface area contributed by atoms with Gasteiger partial charge in [0, 0.05) is 22.2 Å². The molecule has 0 spiro atoms. The highest BCUT2D eigenvalue weighted by molar-refractivity contribution is 7.84. The van der Waals surface area contributed by atoms with Crippen molar-refractivity contribution in [2.24, 2.45) is 0 Å². The summed E-state index contributed by atoms with van der Waals surface area (Å²) in [6.45, 7) is 0. The zero-order valence-corrected chi connectivity index (χ0v) is 7.72. The molecule has 0 fully saturated rings. The third-order valence-electron chi connectivity index (χ3n) is 0.959. The van der Waals surface area contributed by atoms with Gasteiger partial charge >= 0.3 is 0 Å². The van der Waals surface area contributed by atoms with E-state index in [0.29, 0.717) is 0 Å². The molecule has 60 valence electrons. The van der Waals surface area contributed by atoms with Gasteiger partial charge in [-0.05, 0) is 11.4 Å². The van der Waals surface area contributed by atoms with Crippen molar-refractivity contribution in [1.29, 1.82) is 0 Å². The van der Waals surface area contributed by atoms with E-state index >= 15 is 0 Å². The molecular formula is C5H4NO2S3-. The molecule has 6 heteroatoms. The van der Waals surface area contributed by atoms with E-state index in [1.807, 2.05) is 5.38 Å². The van der Waals surface area contributed by atoms with E-state index in [-0.39, 0.29) is 4.99 Å². The van der Waals surface area contributed by atoms with Crippen LogP contribution in [0.4, 0.5) is 0 Å². The number of thiophene rings is 1. The Labute approximate surface area is 75.9 Å². The van der Waals surface area contributed by atoms with Gasteiger partial charge in [-0.2, -0.15) is 11.3 Å². The molecule has 1 atom stereocenters. The summed E-state index contributed by atoms with van der Waals surface area (Å²) < 4.78 is 22.3. The van der Waals surface area contributed by atoms with Crippen LogP contribution in [0, 0.1) is 0 Å². The Morgan fingerprint density at radius 3 is 3.00 bits per heavy atom. The van der Waals surface area contributed by atoms with Gasteiger partial charge in [-0.25, -0.2) is 0 Å². The van der Waals surface area contributed by atoms with Crippen LogP contribution in [0.1, 0.15) is 5.56 Å². The minimum Gasteiger partial charge on any atom is -0.755 e. The summed E-state index contributed by atoms with van der Waals surface area (Å²) in [5.41, 5.74) is 0.731. The van der Waals surface area contributed by atoms with Gasteiger partial charge in [0.25, 0.3) is 0 Å². The van der Waals surface area contributed by atoms with Gasteiger partial charge in [-0.1, -0.05) is 12.2 Å². The van der Waals surface area contributed by atoms with Crippen molar-refractivity contribution >= 4 is 39.8 Å². The van der Waals surface area contributed by atoms with Crippen LogP contribution in [0.5, 0.6) is 0 Å². The van der Waals surface area contributed by atoms with Gasteiger partial charge in [0.05, 0.1) is 0 Å². The number of rotatable bonds is 2. The third kappa shape index (κ3) is 2.66. The van der Waals surface area contributed by atoms with E-state index < -0.39 is 11.3 Å². The Balaban J connectivity index is 2.64. The van der Waals surface area contributed by atoms with Crippen LogP contribution >= 0.6 is 23.6 Å². The first-order chi connectivity index (χ1) is 5.20. The van der Waals surface area contributed by atoms with Crippen molar-refractivity contribution < 1.29 is 8.76 Å². The summed E-state index contributed by atoms with van der Waals surface area (Å²) in [4.78, 5) is 0.236. The highest BCUT2D eigenvalue weighted by Gasteiger charge is 1.98. The van der Waals surface area contributed by atoms with Crippen molar-refractivity contribution in [3.8, 4) is 0 Å². The van der Waals surface area contributed by atoms with Crippen molar-refractivity contribution in [1.82, 2.24) is 4.72 Å². The first kappa shape index (κ1) is 8.79. The first-order valence-electron chi connectivity index (χ1n) is 2.62. The van der Waals surface area contributed by atoms with Crippen LogP contribution in [-0.4, -0.2) is 13.8 Å². The van der Waals surface area contributed by atoms with Gasteiger partial charge < -0.3 is 9.27 Å². The Bertz CT molecular complexity index is 269. The lowest BCUT2D eigenvalue weighted by molar-refractivity contribution is 0.533. The van der Waals surface area contributed by atoms with Crippen LogP contribution in [0.25, 0.3) is 0 Å². The summed E-state index contributed by atoms with van der Waals surface area (Å²) in [7, 11) is 0. The highest BCUT2D eigenvalue weighted by Crippen LogP contribution is 2.05. The SMILES string of the molecule is O=S([O-])NC(=S)c1ccsc1. The molecule has 1 unspecified atom stereocenters. The third-order valence-corrected chi connectivity index (χ3v) is 2.48. The second kappa shape index (κ2) is 3.91. The Morgan fingerprint density at radius 2 is 2.55 bits per heavy atom. The standard InChI is InChI=1S/C5H5NO2S3/c7-11(8)6-5(9)4-1-2-10-3-4/h1-3H,(H,6,9)(H,7,8)/p-1. The van der Waals surface area contributed by atoms with Crippen LogP contribution < -0.4 is 4.72 Å². The largest absolute Gasteiger partial charge is 0.755 e. The maximum atomic E-state index is 10.1. The minimum atomic E-state index is -2.32. The van der Waals surface area contributed by atoms with Crippen molar-refractivity contribution in [3.63, 3.8) is 0 Å². The van der Waals surface area contributed by atoms with Crippen molar-refractivity contribution in [2.75, 3.05) is 0 Å². The summed E-state index contributed by atoms with van der Waals surface area (Å²) >= 11 is 3.90. The normalized spacial score (nSPS) is 12.5. The fourth-order valence-electron chi connectivity index (χ4n) is 0.528. The minimum absolute atomic E-state index is 0.236. The summed E-state index contributed by atoms with van der Waals surface area (Å²) in [5, 5.41) is 3.61. The Kier molecular flexibility index (Phi) is 3.13. The Hall–Kier alpha value is -0.300. The molecule has 1 rings (SSSR count). The average Bonchev–Trinajstić information content (AvgIpc) is 2.35. The molecule has 0 radical (unpaired) electrons. The second-order valence-electron chi connectivity index (χ2n) is 1.68. The van der Waals surface area contributed by atoms with Gasteiger partial charge in [-0.15, -0.1) is 0 Å². The number of thiocarbonyl (C=S) groups is 1. The molecule has 0 aliphatic carbocycles. The van der Waals surface area contributed by atoms with E-state index in [1.165, 1.54) is 11.3 Å². The zero-order valence-electron chi connectivity index (χ0n) is 5.27. The molecule has 1 aromatic rings. The van der Waals surface area contributed by atoms with Gasteiger partial charge in [0.2, 0.25) is 0 Å². The molecule has 0 aromatic carbocycles. The summed E-state index contributed by atoms with van der Waals surface area (Å²) in [6.07, 6.45) is 0. The maximum absolute atomic E-state index is 10.1. The van der Waals surface area contributed by atoms with Gasteiger partial charge in [0.15, 0.2) is 0 Å². The fraction of sp³-hybridized carbons (Fsp3) is 0. The second-order valence-corrected chi connectivity index (χ2v) is 3.54. The van der Waals surface area contributed by atoms with Crippen LogP contribution in [0.2, 0.25) is 0 Å². The molecule has 11 heavy (non-hydrogen) atoms. The molecular weight excluding hydrogens is 202 g/mol. The monoisotopic (exact) mass is 206 g/mol. The molecule has 0 aliphatic heterocycles. The highest BCUT2D eigenvalue weighted by atomic mass is 32.2. The predicted molar refractivity (Wildman–Crippen MR) is 48.1 cm³/mol. The molecule has 3 nitrogen and oxygen atoms in total. The van der Waals surface area contributed by atoms with Gasteiger partial charge in [0.1, 0.15) is 4.99 Å². The number of hydrogen-bond donors (Lipinski definition) is 1. The van der Waals surface area contributed by atoms with Crippen LogP contribution in [0.15, 0.2) is 16.8 Å². The zero-order chi connectivity index (χ0) is 8.27. The van der Waals surface area contributed by atoms with Crippen molar-refractivity contribution in [2.45, 2.75) is 0 Å². The molecule has 0 saturated heterocycles. The van der Waals surface area contributed by atoms with E-state index in [4.69, 9.17) is 12.2 Å². The molecule has 0 amide bonds. The smallest absolute Gasteiger partial charge is 0.118 e. The lowest BCUT2D eigenvalue weighted by Gasteiger charge is -2.07. The van der Waals surface area contributed by atoms with E-state index in [9.17, 15) is 8.76 Å². The topological polar surface area (TPSA) is 52.2 Å². The molecule has 1 heterocycles. The van der Waals surface area contributed by atoms with Crippen LogP contribution in [0.3, 0.4) is 0 Å². The molecule has 0 aliphatic rings. The van der Waals surface area contributed by atoms with Crippen molar-refractivity contribution in [3.05, 3.63) is 22.4 Å². The van der Waals surface area contributed by atoms with Crippen LogP contribution in [-0.2, 0) is 11.3 Å². The molecule has 0 saturated carbocycles. The summed E-state index contributed by atoms with van der Waals surface area (Å²) in [6, 6.07) is 1.76. The lowest BCUT2D eigenvalue weighted by atomic mass is 10.3. The fourth-order valence-corrected chi connectivity index (χ4v) is 1.85. The lowest BCUT2D eigenvalue weighted by Crippen LogP contribution is -2.23. The van der Waals surface area contributed by atoms with E-state index in [2.05, 4.69) is 4.72 Å². The molecule has 1 N–H and O–H groups in total. The molecule has 1 aromatic heterocycles.